The van der Waals surface area contributed by atoms with Crippen LogP contribution in [0.2, 0.25) is 0 Å². The number of ether oxygens (including phenoxy) is 1. The molecule has 0 aliphatic rings. The number of carbonyl (C=O) groups is 2. The first-order chi connectivity index (χ1) is 40.0. The molecule has 6 nitrogen and oxygen atoms in total. The van der Waals surface area contributed by atoms with Crippen molar-refractivity contribution >= 4 is 11.9 Å². The summed E-state index contributed by atoms with van der Waals surface area (Å²) >= 11 is 0. The lowest BCUT2D eigenvalue weighted by atomic mass is 10.0. The van der Waals surface area contributed by atoms with Crippen molar-refractivity contribution in [1.82, 2.24) is 5.32 Å². The van der Waals surface area contributed by atoms with Crippen LogP contribution in [0.25, 0.3) is 0 Å². The molecular formula is C75H141NO5. The molecule has 1 amide bonds. The highest BCUT2D eigenvalue weighted by Crippen LogP contribution is 2.18. The molecule has 0 bridgehead atoms. The van der Waals surface area contributed by atoms with Crippen molar-refractivity contribution in [2.45, 2.75) is 405 Å². The van der Waals surface area contributed by atoms with Crippen LogP contribution < -0.4 is 5.32 Å². The minimum Gasteiger partial charge on any atom is -0.466 e. The van der Waals surface area contributed by atoms with E-state index >= 15 is 0 Å². The summed E-state index contributed by atoms with van der Waals surface area (Å²) in [5.74, 6) is -0.0754. The van der Waals surface area contributed by atoms with Gasteiger partial charge in [-0.1, -0.05) is 339 Å². The van der Waals surface area contributed by atoms with Crippen molar-refractivity contribution < 1.29 is 24.5 Å². The highest BCUT2D eigenvalue weighted by Gasteiger charge is 2.18. The number of esters is 1. The lowest BCUT2D eigenvalue weighted by Crippen LogP contribution is -2.45. The van der Waals surface area contributed by atoms with E-state index in [1.807, 2.05) is 6.08 Å². The number of nitrogens with one attached hydrogen (secondary N) is 1. The topological polar surface area (TPSA) is 95.9 Å². The number of allylic oxidation sites excluding steroid dienone is 7. The zero-order valence-corrected chi connectivity index (χ0v) is 54.5. The maximum absolute atomic E-state index is 12.5. The zero-order chi connectivity index (χ0) is 58.5. The molecule has 0 rings (SSSR count). The molecule has 0 fully saturated rings. The average Bonchev–Trinajstić information content (AvgIpc) is 3.47. The number of unbranched alkanes of at least 4 members (excludes halogenated alkanes) is 51. The van der Waals surface area contributed by atoms with Crippen LogP contribution in [0.15, 0.2) is 48.6 Å². The van der Waals surface area contributed by atoms with E-state index in [0.29, 0.717) is 19.4 Å². The second-order valence-electron chi connectivity index (χ2n) is 24.9. The van der Waals surface area contributed by atoms with Gasteiger partial charge in [-0.05, 0) is 89.9 Å². The molecule has 0 aromatic carbocycles. The SMILES string of the molecule is CCCCCCCCC/C=C\CCCCCCCC(=O)OCCCCCCCCCCC/C=C\C/C=C\CCCCCCCCCC(=O)NC(CO)C(O)/C=C/CCCCCCCCCCCCCCCCCCCCCCCCC. The summed E-state index contributed by atoms with van der Waals surface area (Å²) in [6, 6.07) is -0.638. The van der Waals surface area contributed by atoms with Crippen LogP contribution in [0.3, 0.4) is 0 Å². The monoisotopic (exact) mass is 1140 g/mol. The number of rotatable bonds is 68. The summed E-state index contributed by atoms with van der Waals surface area (Å²) in [6.45, 7) is 4.92. The molecule has 0 aromatic rings. The van der Waals surface area contributed by atoms with Crippen molar-refractivity contribution in [3.8, 4) is 0 Å². The summed E-state index contributed by atoms with van der Waals surface area (Å²) in [6.07, 6.45) is 91.9. The van der Waals surface area contributed by atoms with Gasteiger partial charge in [0.1, 0.15) is 0 Å². The number of carbonyl (C=O) groups excluding carboxylic acids is 2. The Kier molecular flexibility index (Phi) is 68.4. The van der Waals surface area contributed by atoms with Gasteiger partial charge in [-0.3, -0.25) is 9.59 Å². The van der Waals surface area contributed by atoms with Gasteiger partial charge in [-0.25, -0.2) is 0 Å². The molecule has 0 heterocycles. The Hall–Kier alpha value is -2.18. The fraction of sp³-hybridized carbons (Fsp3) is 0.867. The summed E-state index contributed by atoms with van der Waals surface area (Å²) in [4.78, 5) is 24.6. The normalized spacial score (nSPS) is 12.8. The number of amides is 1. The highest BCUT2D eigenvalue weighted by atomic mass is 16.5. The molecule has 3 N–H and O–H groups in total. The standard InChI is InChI=1S/C75H141NO5/c1-3-5-7-9-11-13-15-17-19-21-22-23-24-25-27-30-33-36-39-43-47-51-55-59-63-67-73(78)72(71-77)76-74(79)68-64-60-56-52-48-44-40-37-34-31-28-26-29-32-35-38-42-46-50-54-58-62-66-70-81-75(80)69-65-61-57-53-49-45-41-20-18-16-14-12-10-8-6-4-2/h20,26,29,31,34,41,63,67,72-73,77-78H,3-19,21-25,27-28,30,32-33,35-40,42-62,64-66,68-71H2,1-2H3,(H,76,79)/b29-26-,34-31-,41-20-,67-63+. The molecule has 81 heavy (non-hydrogen) atoms. The van der Waals surface area contributed by atoms with Gasteiger partial charge in [-0.2, -0.15) is 0 Å². The van der Waals surface area contributed by atoms with Gasteiger partial charge in [-0.15, -0.1) is 0 Å². The van der Waals surface area contributed by atoms with Gasteiger partial charge in [0.2, 0.25) is 5.91 Å². The van der Waals surface area contributed by atoms with Crippen LogP contribution in [-0.4, -0.2) is 47.4 Å². The molecule has 0 spiro atoms. The Morgan fingerprint density at radius 2 is 0.617 bits per heavy atom. The lowest BCUT2D eigenvalue weighted by Gasteiger charge is -2.20. The van der Waals surface area contributed by atoms with Gasteiger partial charge in [0, 0.05) is 12.8 Å². The molecule has 0 aliphatic heterocycles. The van der Waals surface area contributed by atoms with Crippen LogP contribution in [0.1, 0.15) is 393 Å². The van der Waals surface area contributed by atoms with Crippen LogP contribution >= 0.6 is 0 Å². The summed E-state index contributed by atoms with van der Waals surface area (Å²) in [7, 11) is 0. The maximum Gasteiger partial charge on any atom is 0.305 e. The predicted molar refractivity (Wildman–Crippen MR) is 356 cm³/mol. The maximum atomic E-state index is 12.5. The van der Waals surface area contributed by atoms with Crippen molar-refractivity contribution in [1.29, 1.82) is 0 Å². The molecule has 0 aliphatic carbocycles. The Balaban J connectivity index is 3.47. The quantitative estimate of drug-likeness (QED) is 0.0320. The molecule has 0 saturated carbocycles. The summed E-state index contributed by atoms with van der Waals surface area (Å²) in [5, 5.41) is 23.3. The minimum absolute atomic E-state index is 0.000458. The Labute approximate surface area is 506 Å². The second-order valence-corrected chi connectivity index (χ2v) is 24.9. The predicted octanol–water partition coefficient (Wildman–Crippen LogP) is 23.6. The van der Waals surface area contributed by atoms with Crippen LogP contribution in [-0.2, 0) is 14.3 Å². The number of hydrogen-bond acceptors (Lipinski definition) is 5. The van der Waals surface area contributed by atoms with Gasteiger partial charge in [0.05, 0.1) is 25.4 Å². The molecule has 0 aromatic heterocycles. The first kappa shape index (κ1) is 78.8. The van der Waals surface area contributed by atoms with Crippen molar-refractivity contribution in [2.24, 2.45) is 0 Å². The third-order valence-corrected chi connectivity index (χ3v) is 16.8. The number of aliphatic hydroxyl groups is 2. The van der Waals surface area contributed by atoms with E-state index in [0.717, 1.165) is 64.2 Å². The molecule has 476 valence electrons. The minimum atomic E-state index is -0.854. The van der Waals surface area contributed by atoms with E-state index in [4.69, 9.17) is 4.74 Å². The third-order valence-electron chi connectivity index (χ3n) is 16.8. The first-order valence-electron chi connectivity index (χ1n) is 36.4. The molecule has 0 radical (unpaired) electrons. The molecular weight excluding hydrogens is 995 g/mol. The second kappa shape index (κ2) is 70.3. The van der Waals surface area contributed by atoms with E-state index in [-0.39, 0.29) is 18.5 Å². The van der Waals surface area contributed by atoms with E-state index in [9.17, 15) is 19.8 Å². The number of hydrogen-bond donors (Lipinski definition) is 3. The Morgan fingerprint density at radius 1 is 0.346 bits per heavy atom. The van der Waals surface area contributed by atoms with Crippen molar-refractivity contribution in [2.75, 3.05) is 13.2 Å². The first-order valence-corrected chi connectivity index (χ1v) is 36.4. The fourth-order valence-electron chi connectivity index (χ4n) is 11.3. The van der Waals surface area contributed by atoms with Crippen molar-refractivity contribution in [3.05, 3.63) is 48.6 Å². The molecule has 2 unspecified atom stereocenters. The average molecular weight is 1140 g/mol. The fourth-order valence-corrected chi connectivity index (χ4v) is 11.3. The van der Waals surface area contributed by atoms with Crippen LogP contribution in [0.5, 0.6) is 0 Å². The summed E-state index contributed by atoms with van der Waals surface area (Å²) in [5.41, 5.74) is 0. The van der Waals surface area contributed by atoms with E-state index in [1.54, 1.807) is 6.08 Å². The van der Waals surface area contributed by atoms with E-state index in [2.05, 4.69) is 55.6 Å². The smallest absolute Gasteiger partial charge is 0.305 e. The van der Waals surface area contributed by atoms with E-state index in [1.165, 1.54) is 302 Å². The van der Waals surface area contributed by atoms with Gasteiger partial charge < -0.3 is 20.3 Å². The van der Waals surface area contributed by atoms with Crippen LogP contribution in [0, 0.1) is 0 Å². The zero-order valence-electron chi connectivity index (χ0n) is 54.5. The third kappa shape index (κ3) is 66.8. The Morgan fingerprint density at radius 3 is 0.951 bits per heavy atom. The van der Waals surface area contributed by atoms with Gasteiger partial charge in [0.15, 0.2) is 0 Å². The molecule has 2 atom stereocenters. The highest BCUT2D eigenvalue weighted by molar-refractivity contribution is 5.76. The van der Waals surface area contributed by atoms with E-state index < -0.39 is 12.1 Å². The molecule has 0 saturated heterocycles. The van der Waals surface area contributed by atoms with Gasteiger partial charge in [0.25, 0.3) is 0 Å². The number of aliphatic hydroxyl groups excluding tert-OH is 2. The Bertz CT molecular complexity index is 1360. The van der Waals surface area contributed by atoms with Crippen molar-refractivity contribution in [3.63, 3.8) is 0 Å². The van der Waals surface area contributed by atoms with Crippen LogP contribution in [0.4, 0.5) is 0 Å². The largest absolute Gasteiger partial charge is 0.466 e. The summed E-state index contributed by atoms with van der Waals surface area (Å²) < 4.78 is 5.49. The van der Waals surface area contributed by atoms with Gasteiger partial charge >= 0.3 is 5.97 Å². The molecule has 6 heteroatoms. The lowest BCUT2D eigenvalue weighted by molar-refractivity contribution is -0.143.